The van der Waals surface area contributed by atoms with Gasteiger partial charge in [0, 0.05) is 26.2 Å². The molecule has 2 fully saturated rings. The molecule has 2 atom stereocenters. The summed E-state index contributed by atoms with van der Waals surface area (Å²) < 4.78 is 5.17. The second-order valence-corrected chi connectivity index (χ2v) is 4.52. The van der Waals surface area contributed by atoms with Crippen molar-refractivity contribution >= 4 is 6.09 Å². The van der Waals surface area contributed by atoms with Gasteiger partial charge in [-0.2, -0.15) is 0 Å². The van der Waals surface area contributed by atoms with Gasteiger partial charge in [0.15, 0.2) is 0 Å². The van der Waals surface area contributed by atoms with Crippen LogP contribution in [0.2, 0.25) is 0 Å². The van der Waals surface area contributed by atoms with Crippen LogP contribution in [-0.4, -0.2) is 43.3 Å². The molecule has 14 heavy (non-hydrogen) atoms. The third-order valence-electron chi connectivity index (χ3n) is 2.98. The van der Waals surface area contributed by atoms with Crippen LogP contribution in [0, 0.1) is 11.8 Å². The molecule has 2 saturated heterocycles. The highest BCUT2D eigenvalue weighted by molar-refractivity contribution is 5.68. The third kappa shape index (κ3) is 1.85. The number of amides is 1. The van der Waals surface area contributed by atoms with Gasteiger partial charge in [0.25, 0.3) is 0 Å². The lowest BCUT2D eigenvalue weighted by Gasteiger charge is -2.18. The van der Waals surface area contributed by atoms with Gasteiger partial charge >= 0.3 is 6.09 Å². The number of likely N-dealkylation sites (tertiary alicyclic amines) is 1. The summed E-state index contributed by atoms with van der Waals surface area (Å²) in [7, 11) is 0. The van der Waals surface area contributed by atoms with E-state index < -0.39 is 0 Å². The van der Waals surface area contributed by atoms with Crippen LogP contribution in [0.15, 0.2) is 0 Å². The lowest BCUT2D eigenvalue weighted by molar-refractivity contribution is 0.0816. The largest absolute Gasteiger partial charge is 0.447 e. The number of fused-ring (bicyclic) bond motifs is 1. The molecular formula is C10H18N2O2. The third-order valence-corrected chi connectivity index (χ3v) is 2.98. The quantitative estimate of drug-likeness (QED) is 0.673. The van der Waals surface area contributed by atoms with Crippen LogP contribution >= 0.6 is 0 Å². The smallest absolute Gasteiger partial charge is 0.410 e. The Hall–Kier alpha value is -0.770. The molecule has 0 aromatic rings. The molecular weight excluding hydrogens is 180 g/mol. The van der Waals surface area contributed by atoms with Gasteiger partial charge in [-0.1, -0.05) is 0 Å². The van der Waals surface area contributed by atoms with Gasteiger partial charge in [-0.3, -0.25) is 0 Å². The van der Waals surface area contributed by atoms with E-state index in [1.165, 1.54) is 0 Å². The zero-order valence-corrected chi connectivity index (χ0v) is 8.82. The van der Waals surface area contributed by atoms with Crippen molar-refractivity contribution in [3.8, 4) is 0 Å². The van der Waals surface area contributed by atoms with Crippen LogP contribution in [0.3, 0.4) is 0 Å². The molecule has 2 heterocycles. The van der Waals surface area contributed by atoms with Gasteiger partial charge in [-0.15, -0.1) is 0 Å². The van der Waals surface area contributed by atoms with Crippen LogP contribution in [0.25, 0.3) is 0 Å². The van der Waals surface area contributed by atoms with E-state index in [2.05, 4.69) is 5.32 Å². The van der Waals surface area contributed by atoms with Crippen LogP contribution in [0.5, 0.6) is 0 Å². The van der Waals surface area contributed by atoms with Crippen molar-refractivity contribution in [3.63, 3.8) is 0 Å². The highest BCUT2D eigenvalue weighted by Crippen LogP contribution is 2.26. The van der Waals surface area contributed by atoms with Crippen LogP contribution in [-0.2, 0) is 4.74 Å². The molecule has 0 saturated carbocycles. The van der Waals surface area contributed by atoms with Gasteiger partial charge in [0.05, 0.1) is 6.10 Å². The average molecular weight is 198 g/mol. The molecule has 2 aliphatic heterocycles. The molecule has 4 nitrogen and oxygen atoms in total. The van der Waals surface area contributed by atoms with Crippen molar-refractivity contribution in [2.45, 2.75) is 20.0 Å². The maximum Gasteiger partial charge on any atom is 0.410 e. The Morgan fingerprint density at radius 2 is 1.93 bits per heavy atom. The van der Waals surface area contributed by atoms with Gasteiger partial charge in [-0.25, -0.2) is 4.79 Å². The van der Waals surface area contributed by atoms with Crippen molar-refractivity contribution in [1.82, 2.24) is 10.2 Å². The number of nitrogens with one attached hydrogen (secondary N) is 1. The zero-order valence-electron chi connectivity index (χ0n) is 8.82. The topological polar surface area (TPSA) is 41.6 Å². The summed E-state index contributed by atoms with van der Waals surface area (Å²) >= 11 is 0. The molecule has 80 valence electrons. The highest BCUT2D eigenvalue weighted by Gasteiger charge is 2.38. The monoisotopic (exact) mass is 198 g/mol. The minimum Gasteiger partial charge on any atom is -0.447 e. The molecule has 1 amide bonds. The van der Waals surface area contributed by atoms with E-state index in [1.54, 1.807) is 0 Å². The Morgan fingerprint density at radius 1 is 1.36 bits per heavy atom. The van der Waals surface area contributed by atoms with Crippen molar-refractivity contribution in [1.29, 1.82) is 0 Å². The van der Waals surface area contributed by atoms with Gasteiger partial charge in [-0.05, 0) is 25.7 Å². The number of carbonyl (C=O) groups is 1. The zero-order chi connectivity index (χ0) is 10.1. The summed E-state index contributed by atoms with van der Waals surface area (Å²) in [6.07, 6.45) is -0.157. The fraction of sp³-hybridized carbons (Fsp3) is 0.900. The summed E-state index contributed by atoms with van der Waals surface area (Å²) in [6.45, 7) is 7.60. The average Bonchev–Trinajstić information content (AvgIpc) is 2.58. The van der Waals surface area contributed by atoms with Crippen molar-refractivity contribution in [2.75, 3.05) is 26.2 Å². The Kier molecular flexibility index (Phi) is 2.63. The lowest BCUT2D eigenvalue weighted by atomic mass is 10.0. The first kappa shape index (κ1) is 9.77. The molecule has 1 N–H and O–H groups in total. The first-order valence-corrected chi connectivity index (χ1v) is 5.33. The van der Waals surface area contributed by atoms with Gasteiger partial charge < -0.3 is 15.0 Å². The van der Waals surface area contributed by atoms with E-state index in [1.807, 2.05) is 18.7 Å². The SMILES string of the molecule is CC(C)OC(=O)N1C[C@H]2CNC[C@H]2C1. The molecule has 4 heteroatoms. The summed E-state index contributed by atoms with van der Waals surface area (Å²) in [5.41, 5.74) is 0. The second-order valence-electron chi connectivity index (χ2n) is 4.52. The Balaban J connectivity index is 1.86. The van der Waals surface area contributed by atoms with Crippen LogP contribution < -0.4 is 5.32 Å². The van der Waals surface area contributed by atoms with Crippen molar-refractivity contribution in [2.24, 2.45) is 11.8 Å². The maximum absolute atomic E-state index is 11.6. The molecule has 0 spiro atoms. The number of hydrogen-bond donors (Lipinski definition) is 1. The fourth-order valence-electron chi connectivity index (χ4n) is 2.28. The summed E-state index contributed by atoms with van der Waals surface area (Å²) in [5, 5.41) is 3.35. The molecule has 0 aromatic heterocycles. The predicted molar refractivity (Wildman–Crippen MR) is 53.0 cm³/mol. The maximum atomic E-state index is 11.6. The molecule has 0 unspecified atom stereocenters. The minimum absolute atomic E-state index is 0.0129. The Bertz CT molecular complexity index is 218. The summed E-state index contributed by atoms with van der Waals surface area (Å²) in [4.78, 5) is 13.4. The number of ether oxygens (including phenoxy) is 1. The molecule has 0 bridgehead atoms. The predicted octanol–water partition coefficient (Wildman–Crippen LogP) is 0.683. The second kappa shape index (κ2) is 3.77. The van der Waals surface area contributed by atoms with E-state index >= 15 is 0 Å². The summed E-state index contributed by atoms with van der Waals surface area (Å²) in [6, 6.07) is 0. The number of carbonyl (C=O) groups excluding carboxylic acids is 1. The van der Waals surface area contributed by atoms with E-state index in [4.69, 9.17) is 4.74 Å². The number of rotatable bonds is 1. The standard InChI is InChI=1S/C10H18N2O2/c1-7(2)14-10(13)12-5-8-3-11-4-9(8)6-12/h7-9,11H,3-6H2,1-2H3/t8-,9+. The van der Waals surface area contributed by atoms with Crippen molar-refractivity contribution in [3.05, 3.63) is 0 Å². The molecule has 0 radical (unpaired) electrons. The minimum atomic E-state index is -0.144. The molecule has 0 aromatic carbocycles. The molecule has 2 rings (SSSR count). The van der Waals surface area contributed by atoms with Gasteiger partial charge in [0.1, 0.15) is 0 Å². The van der Waals surface area contributed by atoms with E-state index in [0.29, 0.717) is 11.8 Å². The summed E-state index contributed by atoms with van der Waals surface area (Å²) in [5.74, 6) is 1.30. The fourth-order valence-corrected chi connectivity index (χ4v) is 2.28. The van der Waals surface area contributed by atoms with Crippen LogP contribution in [0.1, 0.15) is 13.8 Å². The molecule has 2 aliphatic rings. The van der Waals surface area contributed by atoms with E-state index in [9.17, 15) is 4.79 Å². The number of nitrogens with zero attached hydrogens (tertiary/aromatic N) is 1. The van der Waals surface area contributed by atoms with Gasteiger partial charge in [0.2, 0.25) is 0 Å². The van der Waals surface area contributed by atoms with Crippen LogP contribution in [0.4, 0.5) is 4.79 Å². The first-order valence-electron chi connectivity index (χ1n) is 5.33. The van der Waals surface area contributed by atoms with E-state index in [0.717, 1.165) is 26.2 Å². The molecule has 0 aliphatic carbocycles. The Morgan fingerprint density at radius 3 is 2.43 bits per heavy atom. The van der Waals surface area contributed by atoms with E-state index in [-0.39, 0.29) is 12.2 Å². The number of hydrogen-bond acceptors (Lipinski definition) is 3. The highest BCUT2D eigenvalue weighted by atomic mass is 16.6. The first-order chi connectivity index (χ1) is 6.66. The lowest BCUT2D eigenvalue weighted by Crippen LogP contribution is -2.33. The Labute approximate surface area is 84.6 Å². The normalized spacial score (nSPS) is 30.9. The van der Waals surface area contributed by atoms with Crippen molar-refractivity contribution < 1.29 is 9.53 Å².